The minimum Gasteiger partial charge on any atom is -0.297 e. The maximum atomic E-state index is 12.4. The lowest BCUT2D eigenvalue weighted by molar-refractivity contribution is -0.115. The molecule has 5 heteroatoms. The van der Waals surface area contributed by atoms with Crippen LogP contribution in [-0.2, 0) is 11.3 Å². The predicted molar refractivity (Wildman–Crippen MR) is 105 cm³/mol. The van der Waals surface area contributed by atoms with Crippen molar-refractivity contribution in [3.05, 3.63) is 40.4 Å². The fourth-order valence-electron chi connectivity index (χ4n) is 3.47. The topological polar surface area (TPSA) is 36.4 Å². The van der Waals surface area contributed by atoms with Gasteiger partial charge in [0.25, 0.3) is 0 Å². The Hall–Kier alpha value is -1.72. The second-order valence-corrected chi connectivity index (χ2v) is 8.01. The van der Waals surface area contributed by atoms with Gasteiger partial charge in [-0.15, -0.1) is 11.3 Å². The molecule has 2 aromatic rings. The average Bonchev–Trinajstić information content (AvgIpc) is 3.01. The van der Waals surface area contributed by atoms with Gasteiger partial charge in [0.15, 0.2) is 5.13 Å². The molecule has 4 nitrogen and oxygen atoms in total. The van der Waals surface area contributed by atoms with E-state index in [1.54, 1.807) is 23.2 Å². The van der Waals surface area contributed by atoms with Crippen molar-refractivity contribution < 1.29 is 4.79 Å². The van der Waals surface area contributed by atoms with Crippen molar-refractivity contribution in [2.24, 2.45) is 5.92 Å². The van der Waals surface area contributed by atoms with Gasteiger partial charge in [0, 0.05) is 18.8 Å². The molecule has 1 fully saturated rings. The number of rotatable bonds is 4. The first kappa shape index (κ1) is 18.1. The summed E-state index contributed by atoms with van der Waals surface area (Å²) >= 11 is 1.55. The van der Waals surface area contributed by atoms with E-state index >= 15 is 0 Å². The Labute approximate surface area is 154 Å². The van der Waals surface area contributed by atoms with Gasteiger partial charge < -0.3 is 0 Å². The monoisotopic (exact) mass is 357 g/mol. The Balaban J connectivity index is 1.82. The largest absolute Gasteiger partial charge is 0.297 e. The van der Waals surface area contributed by atoms with Gasteiger partial charge in [-0.25, -0.2) is 4.98 Å². The van der Waals surface area contributed by atoms with Crippen LogP contribution in [0.4, 0.5) is 10.8 Å². The molecule has 0 unspecified atom stereocenters. The molecule has 1 aromatic carbocycles. The van der Waals surface area contributed by atoms with Crippen LogP contribution in [0.25, 0.3) is 0 Å². The molecule has 1 aliphatic rings. The van der Waals surface area contributed by atoms with Crippen molar-refractivity contribution >= 4 is 28.1 Å². The normalized spacial score (nSPS) is 16.2. The number of likely N-dealkylation sites (tertiary alicyclic amines) is 1. The van der Waals surface area contributed by atoms with E-state index in [2.05, 4.69) is 17.2 Å². The van der Waals surface area contributed by atoms with Crippen LogP contribution in [0.1, 0.15) is 43.5 Å². The summed E-state index contributed by atoms with van der Waals surface area (Å²) in [5.41, 5.74) is 4.21. The smallest absolute Gasteiger partial charge is 0.230 e. The number of thiazole rings is 1. The summed E-state index contributed by atoms with van der Waals surface area (Å²) in [6.07, 6.45) is 2.53. The number of amides is 1. The number of piperidine rings is 1. The van der Waals surface area contributed by atoms with Gasteiger partial charge in [-0.1, -0.05) is 25.1 Å². The second-order valence-electron chi connectivity index (χ2n) is 7.17. The Morgan fingerprint density at radius 3 is 2.52 bits per heavy atom. The fourth-order valence-corrected chi connectivity index (χ4v) is 4.33. The zero-order valence-electron chi connectivity index (χ0n) is 15.6. The number of benzene rings is 1. The van der Waals surface area contributed by atoms with Crippen LogP contribution >= 0.6 is 11.3 Å². The third kappa shape index (κ3) is 4.10. The van der Waals surface area contributed by atoms with Crippen molar-refractivity contribution in [1.82, 2.24) is 9.88 Å². The maximum Gasteiger partial charge on any atom is 0.230 e. The second kappa shape index (κ2) is 7.67. The molecule has 0 saturated carbocycles. The van der Waals surface area contributed by atoms with Crippen molar-refractivity contribution in [3.63, 3.8) is 0 Å². The van der Waals surface area contributed by atoms with E-state index in [-0.39, 0.29) is 5.91 Å². The fraction of sp³-hybridized carbons (Fsp3) is 0.500. The van der Waals surface area contributed by atoms with E-state index in [0.717, 1.165) is 53.2 Å². The van der Waals surface area contributed by atoms with Gasteiger partial charge in [-0.05, 0) is 56.8 Å². The summed E-state index contributed by atoms with van der Waals surface area (Å²) in [5, 5.41) is 2.86. The third-order valence-corrected chi connectivity index (χ3v) is 5.85. The van der Waals surface area contributed by atoms with Gasteiger partial charge in [0.05, 0.1) is 11.4 Å². The molecule has 0 aliphatic carbocycles. The summed E-state index contributed by atoms with van der Waals surface area (Å²) in [6, 6.07) is 6.11. The first-order valence-electron chi connectivity index (χ1n) is 8.99. The molecular formula is C20H27N3OS. The lowest BCUT2D eigenvalue weighted by Gasteiger charge is -2.29. The maximum absolute atomic E-state index is 12.4. The van der Waals surface area contributed by atoms with Crippen LogP contribution in [-0.4, -0.2) is 28.9 Å². The van der Waals surface area contributed by atoms with Crippen molar-refractivity contribution in [2.45, 2.75) is 47.1 Å². The van der Waals surface area contributed by atoms with Crippen molar-refractivity contribution in [3.8, 4) is 0 Å². The van der Waals surface area contributed by atoms with E-state index in [4.69, 9.17) is 4.98 Å². The molecule has 25 heavy (non-hydrogen) atoms. The number of anilines is 2. The molecule has 0 radical (unpaired) electrons. The van der Waals surface area contributed by atoms with Gasteiger partial charge >= 0.3 is 0 Å². The highest BCUT2D eigenvalue weighted by molar-refractivity contribution is 7.14. The molecule has 0 atom stereocenters. The van der Waals surface area contributed by atoms with E-state index in [9.17, 15) is 4.79 Å². The summed E-state index contributed by atoms with van der Waals surface area (Å²) < 4.78 is 0. The molecule has 1 saturated heterocycles. The van der Waals surface area contributed by atoms with E-state index < -0.39 is 0 Å². The van der Waals surface area contributed by atoms with Crippen LogP contribution < -0.4 is 4.90 Å². The Kier molecular flexibility index (Phi) is 5.54. The van der Waals surface area contributed by atoms with Crippen molar-refractivity contribution in [1.29, 1.82) is 0 Å². The van der Waals surface area contributed by atoms with Crippen LogP contribution in [0.3, 0.4) is 0 Å². The quantitative estimate of drug-likeness (QED) is 0.797. The highest BCUT2D eigenvalue weighted by Gasteiger charge is 2.22. The first-order chi connectivity index (χ1) is 12.0. The van der Waals surface area contributed by atoms with Crippen LogP contribution in [0.2, 0.25) is 0 Å². The predicted octanol–water partition coefficient (Wildman–Crippen LogP) is 4.68. The van der Waals surface area contributed by atoms with E-state index in [1.165, 1.54) is 12.8 Å². The highest BCUT2D eigenvalue weighted by atomic mass is 32.1. The third-order valence-electron chi connectivity index (χ3n) is 4.97. The molecule has 0 bridgehead atoms. The van der Waals surface area contributed by atoms with Crippen molar-refractivity contribution in [2.75, 3.05) is 18.0 Å². The van der Waals surface area contributed by atoms with Gasteiger partial charge in [0.1, 0.15) is 0 Å². The van der Waals surface area contributed by atoms with Crippen LogP contribution in [0, 0.1) is 19.8 Å². The molecule has 1 aromatic heterocycles. The van der Waals surface area contributed by atoms with Crippen LogP contribution in [0.5, 0.6) is 0 Å². The molecule has 0 N–H and O–H groups in total. The van der Waals surface area contributed by atoms with Gasteiger partial charge in [-0.2, -0.15) is 0 Å². The Bertz CT molecular complexity index is 727. The summed E-state index contributed by atoms with van der Waals surface area (Å²) in [5.74, 6) is 0.838. The minimum atomic E-state index is 0.00472. The number of nitrogens with zero attached hydrogens (tertiary/aromatic N) is 3. The highest BCUT2D eigenvalue weighted by Crippen LogP contribution is 2.34. The number of hydrogen-bond donors (Lipinski definition) is 0. The summed E-state index contributed by atoms with van der Waals surface area (Å²) in [4.78, 5) is 21.4. The minimum absolute atomic E-state index is 0.00472. The standard InChI is InChI=1S/C20H27N3OS/c1-14-8-10-22(11-9-14)12-18-13-25-20(21-18)23(17(4)24)19-15(2)6-5-7-16(19)3/h5-7,13-14H,8-12H2,1-4H3. The Morgan fingerprint density at radius 1 is 1.28 bits per heavy atom. The van der Waals surface area contributed by atoms with Gasteiger partial charge in [-0.3, -0.25) is 14.6 Å². The van der Waals surface area contributed by atoms with Crippen LogP contribution in [0.15, 0.2) is 23.6 Å². The lowest BCUT2D eigenvalue weighted by Crippen LogP contribution is -2.32. The number of para-hydroxylation sites is 1. The molecule has 134 valence electrons. The molecule has 3 rings (SSSR count). The number of aryl methyl sites for hydroxylation is 2. The molecule has 2 heterocycles. The molecule has 1 aliphatic heterocycles. The molecule has 1 amide bonds. The molecule has 0 spiro atoms. The van der Waals surface area contributed by atoms with Gasteiger partial charge in [0.2, 0.25) is 5.91 Å². The number of carbonyl (C=O) groups is 1. The summed E-state index contributed by atoms with van der Waals surface area (Å²) in [7, 11) is 0. The summed E-state index contributed by atoms with van der Waals surface area (Å²) in [6.45, 7) is 11.2. The SMILES string of the molecule is CC(=O)N(c1nc(CN2CCC(C)CC2)cs1)c1c(C)cccc1C. The lowest BCUT2D eigenvalue weighted by atomic mass is 9.99. The zero-order chi connectivity index (χ0) is 18.0. The number of aromatic nitrogens is 1. The number of hydrogen-bond acceptors (Lipinski definition) is 4. The average molecular weight is 358 g/mol. The molecular weight excluding hydrogens is 330 g/mol. The van der Waals surface area contributed by atoms with E-state index in [0.29, 0.717) is 0 Å². The first-order valence-corrected chi connectivity index (χ1v) is 9.87. The van der Waals surface area contributed by atoms with E-state index in [1.807, 2.05) is 32.0 Å². The Morgan fingerprint density at radius 2 is 1.92 bits per heavy atom. The number of carbonyl (C=O) groups excluding carboxylic acids is 1. The zero-order valence-corrected chi connectivity index (χ0v) is 16.4.